The highest BCUT2D eigenvalue weighted by Gasteiger charge is 2.34. The van der Waals surface area contributed by atoms with Gasteiger partial charge in [0, 0.05) is 5.70 Å². The molecule has 1 aliphatic carbocycles. The van der Waals surface area contributed by atoms with Crippen molar-refractivity contribution in [1.82, 2.24) is 10.9 Å². The normalized spacial score (nSPS) is 32.7. The van der Waals surface area contributed by atoms with Crippen LogP contribution < -0.4 is 10.9 Å². The molecule has 4 nitrogen and oxygen atoms in total. The van der Waals surface area contributed by atoms with Crippen molar-refractivity contribution in [2.24, 2.45) is 5.92 Å². The Bertz CT molecular complexity index is 273. The third-order valence-electron chi connectivity index (χ3n) is 2.87. The SMILES string of the molecule is CC1CCCC2=C1NNC2C(=O)O. The third-order valence-corrected chi connectivity index (χ3v) is 2.87. The van der Waals surface area contributed by atoms with Gasteiger partial charge in [-0.05, 0) is 30.8 Å². The lowest BCUT2D eigenvalue weighted by atomic mass is 9.86. The lowest BCUT2D eigenvalue weighted by Gasteiger charge is -2.20. The van der Waals surface area contributed by atoms with E-state index in [0.717, 1.165) is 30.5 Å². The van der Waals surface area contributed by atoms with Crippen molar-refractivity contribution in [3.05, 3.63) is 11.3 Å². The minimum atomic E-state index is -0.786. The van der Waals surface area contributed by atoms with Crippen molar-refractivity contribution in [1.29, 1.82) is 0 Å². The number of carboxylic acid groups (broad SMARTS) is 1. The summed E-state index contributed by atoms with van der Waals surface area (Å²) in [5.41, 5.74) is 7.95. The number of carbonyl (C=O) groups is 1. The van der Waals surface area contributed by atoms with E-state index in [-0.39, 0.29) is 0 Å². The van der Waals surface area contributed by atoms with Crippen molar-refractivity contribution < 1.29 is 9.90 Å². The quantitative estimate of drug-likeness (QED) is 0.556. The number of aliphatic carboxylic acids is 1. The predicted octanol–water partition coefficient (Wildman–Crippen LogP) is 0.621. The first-order valence-corrected chi connectivity index (χ1v) is 4.67. The van der Waals surface area contributed by atoms with Crippen LogP contribution in [0.3, 0.4) is 0 Å². The van der Waals surface area contributed by atoms with Gasteiger partial charge in [0.05, 0.1) is 0 Å². The first-order chi connectivity index (χ1) is 6.20. The molecular weight excluding hydrogens is 168 g/mol. The molecule has 4 heteroatoms. The van der Waals surface area contributed by atoms with E-state index >= 15 is 0 Å². The summed E-state index contributed by atoms with van der Waals surface area (Å²) in [4.78, 5) is 10.8. The van der Waals surface area contributed by atoms with Gasteiger partial charge in [0.25, 0.3) is 0 Å². The maximum Gasteiger partial charge on any atom is 0.326 e. The fourth-order valence-electron chi connectivity index (χ4n) is 2.15. The van der Waals surface area contributed by atoms with Gasteiger partial charge in [-0.1, -0.05) is 6.92 Å². The molecule has 1 heterocycles. The molecule has 0 radical (unpaired) electrons. The molecular formula is C9H14N2O2. The molecule has 0 aromatic rings. The van der Waals surface area contributed by atoms with Crippen LogP contribution in [0, 0.1) is 5.92 Å². The first-order valence-electron chi connectivity index (χ1n) is 4.67. The molecule has 0 saturated heterocycles. The summed E-state index contributed by atoms with van der Waals surface area (Å²) < 4.78 is 0. The second-order valence-electron chi connectivity index (χ2n) is 3.77. The third kappa shape index (κ3) is 1.31. The topological polar surface area (TPSA) is 61.4 Å². The molecule has 3 N–H and O–H groups in total. The molecule has 72 valence electrons. The summed E-state index contributed by atoms with van der Waals surface area (Å²) in [5, 5.41) is 8.90. The molecule has 1 aliphatic heterocycles. The Kier molecular flexibility index (Phi) is 2.00. The van der Waals surface area contributed by atoms with E-state index < -0.39 is 12.0 Å². The maximum absolute atomic E-state index is 10.8. The average molecular weight is 182 g/mol. The van der Waals surface area contributed by atoms with Crippen LogP contribution in [-0.2, 0) is 4.79 Å². The van der Waals surface area contributed by atoms with Crippen molar-refractivity contribution in [2.45, 2.75) is 32.2 Å². The summed E-state index contributed by atoms with van der Waals surface area (Å²) in [6.07, 6.45) is 3.17. The van der Waals surface area contributed by atoms with Gasteiger partial charge in [-0.15, -0.1) is 0 Å². The Labute approximate surface area is 77.0 Å². The fourth-order valence-corrected chi connectivity index (χ4v) is 2.15. The van der Waals surface area contributed by atoms with E-state index in [9.17, 15) is 4.79 Å². The number of carboxylic acids is 1. The molecule has 2 atom stereocenters. The second-order valence-corrected chi connectivity index (χ2v) is 3.77. The van der Waals surface area contributed by atoms with E-state index in [1.165, 1.54) is 0 Å². The van der Waals surface area contributed by atoms with Gasteiger partial charge >= 0.3 is 5.97 Å². The number of rotatable bonds is 1. The standard InChI is InChI=1S/C9H14N2O2/c1-5-3-2-4-6-7(5)10-11-8(6)9(12)13/h5,8,10-11H,2-4H2,1H3,(H,12,13). The minimum Gasteiger partial charge on any atom is -0.480 e. The van der Waals surface area contributed by atoms with Crippen LogP contribution in [0.15, 0.2) is 11.3 Å². The highest BCUT2D eigenvalue weighted by molar-refractivity contribution is 5.78. The molecule has 2 aliphatic rings. The molecule has 13 heavy (non-hydrogen) atoms. The Morgan fingerprint density at radius 1 is 1.62 bits per heavy atom. The average Bonchev–Trinajstić information content (AvgIpc) is 2.48. The molecule has 2 rings (SSSR count). The van der Waals surface area contributed by atoms with Crippen molar-refractivity contribution >= 4 is 5.97 Å². The summed E-state index contributed by atoms with van der Waals surface area (Å²) >= 11 is 0. The van der Waals surface area contributed by atoms with Crippen molar-refractivity contribution in [2.75, 3.05) is 0 Å². The zero-order valence-electron chi connectivity index (χ0n) is 7.63. The van der Waals surface area contributed by atoms with Gasteiger partial charge in [-0.3, -0.25) is 4.79 Å². The van der Waals surface area contributed by atoms with Gasteiger partial charge in [0.2, 0.25) is 0 Å². The van der Waals surface area contributed by atoms with Gasteiger partial charge < -0.3 is 10.5 Å². The number of hydrogen-bond donors (Lipinski definition) is 3. The van der Waals surface area contributed by atoms with Gasteiger partial charge in [0.1, 0.15) is 6.04 Å². The zero-order chi connectivity index (χ0) is 9.42. The molecule has 0 bridgehead atoms. The maximum atomic E-state index is 10.8. The Morgan fingerprint density at radius 2 is 2.38 bits per heavy atom. The summed E-state index contributed by atoms with van der Waals surface area (Å²) in [7, 11) is 0. The number of nitrogens with one attached hydrogen (secondary N) is 2. The monoisotopic (exact) mass is 182 g/mol. The minimum absolute atomic E-state index is 0.473. The molecule has 0 saturated carbocycles. The van der Waals surface area contributed by atoms with Gasteiger partial charge in [-0.25, -0.2) is 5.43 Å². The lowest BCUT2D eigenvalue weighted by Crippen LogP contribution is -2.38. The first kappa shape index (κ1) is 8.56. The number of hydrazine groups is 1. The summed E-state index contributed by atoms with van der Waals surface area (Å²) in [6.45, 7) is 2.13. The molecule has 0 fully saturated rings. The van der Waals surface area contributed by atoms with Crippen LogP contribution in [0.2, 0.25) is 0 Å². The van der Waals surface area contributed by atoms with Crippen LogP contribution in [0.4, 0.5) is 0 Å². The van der Waals surface area contributed by atoms with E-state index in [1.807, 2.05) is 0 Å². The van der Waals surface area contributed by atoms with Crippen LogP contribution >= 0.6 is 0 Å². The van der Waals surface area contributed by atoms with Crippen molar-refractivity contribution in [3.63, 3.8) is 0 Å². The van der Waals surface area contributed by atoms with Gasteiger partial charge in [0.15, 0.2) is 0 Å². The Balaban J connectivity index is 2.26. The van der Waals surface area contributed by atoms with E-state index in [1.54, 1.807) is 0 Å². The molecule has 0 amide bonds. The number of allylic oxidation sites excluding steroid dienone is 1. The molecule has 0 aromatic carbocycles. The van der Waals surface area contributed by atoms with Crippen LogP contribution in [-0.4, -0.2) is 17.1 Å². The van der Waals surface area contributed by atoms with E-state index in [2.05, 4.69) is 17.8 Å². The van der Waals surface area contributed by atoms with E-state index in [4.69, 9.17) is 5.11 Å². The van der Waals surface area contributed by atoms with Crippen molar-refractivity contribution in [3.8, 4) is 0 Å². The number of hydrogen-bond acceptors (Lipinski definition) is 3. The fraction of sp³-hybridized carbons (Fsp3) is 0.667. The van der Waals surface area contributed by atoms with Crippen LogP contribution in [0.5, 0.6) is 0 Å². The summed E-state index contributed by atoms with van der Waals surface area (Å²) in [6, 6.07) is -0.502. The molecule has 0 spiro atoms. The Hall–Kier alpha value is -1.03. The highest BCUT2D eigenvalue weighted by Crippen LogP contribution is 2.32. The molecule has 0 aromatic heterocycles. The van der Waals surface area contributed by atoms with Gasteiger partial charge in [-0.2, -0.15) is 0 Å². The summed E-state index contributed by atoms with van der Waals surface area (Å²) in [5.74, 6) is -0.313. The highest BCUT2D eigenvalue weighted by atomic mass is 16.4. The Morgan fingerprint density at radius 3 is 3.08 bits per heavy atom. The van der Waals surface area contributed by atoms with Crippen LogP contribution in [0.25, 0.3) is 0 Å². The molecule has 2 unspecified atom stereocenters. The smallest absolute Gasteiger partial charge is 0.326 e. The largest absolute Gasteiger partial charge is 0.480 e. The predicted molar refractivity (Wildman–Crippen MR) is 47.7 cm³/mol. The second kappa shape index (κ2) is 3.03. The van der Waals surface area contributed by atoms with E-state index in [0.29, 0.717) is 5.92 Å². The zero-order valence-corrected chi connectivity index (χ0v) is 7.63. The van der Waals surface area contributed by atoms with Crippen LogP contribution in [0.1, 0.15) is 26.2 Å². The lowest BCUT2D eigenvalue weighted by molar-refractivity contribution is -0.138.